The van der Waals surface area contributed by atoms with Gasteiger partial charge in [0.2, 0.25) is 0 Å². The summed E-state index contributed by atoms with van der Waals surface area (Å²) < 4.78 is 13.6. The molecule has 0 saturated carbocycles. The molecule has 0 bridgehead atoms. The Labute approximate surface area is 99.7 Å². The predicted molar refractivity (Wildman–Crippen MR) is 66.9 cm³/mol. The van der Waals surface area contributed by atoms with Gasteiger partial charge in [-0.15, -0.1) is 0 Å². The molecule has 6 nitrogen and oxygen atoms in total. The summed E-state index contributed by atoms with van der Waals surface area (Å²) in [4.78, 5) is 11.5. The van der Waals surface area contributed by atoms with E-state index in [1.165, 1.54) is 0 Å². The topological polar surface area (TPSA) is 87.5 Å². The molecule has 0 spiro atoms. The molecular formula is C10H15N4O2P. The highest BCUT2D eigenvalue weighted by atomic mass is 31.2. The highest BCUT2D eigenvalue weighted by molar-refractivity contribution is 7.62. The van der Waals surface area contributed by atoms with E-state index in [2.05, 4.69) is 10.2 Å². The molecule has 0 aromatic heterocycles. The molecule has 92 valence electrons. The smallest absolute Gasteiger partial charge is 0.326 e. The van der Waals surface area contributed by atoms with Crippen LogP contribution in [0.15, 0.2) is 24.3 Å². The van der Waals surface area contributed by atoms with E-state index in [0.29, 0.717) is 18.8 Å². The Balaban J connectivity index is 2.47. The van der Waals surface area contributed by atoms with Crippen molar-refractivity contribution in [3.8, 4) is 0 Å². The summed E-state index contributed by atoms with van der Waals surface area (Å²) >= 11 is 0. The number of nitrogens with one attached hydrogen (secondary N) is 2. The molecule has 2 rings (SSSR count). The van der Waals surface area contributed by atoms with E-state index in [0.717, 1.165) is 10.2 Å². The second-order valence-corrected chi connectivity index (χ2v) is 6.01. The van der Waals surface area contributed by atoms with Crippen LogP contribution in [0.5, 0.6) is 0 Å². The lowest BCUT2D eigenvalue weighted by Crippen LogP contribution is -2.38. The van der Waals surface area contributed by atoms with Gasteiger partial charge in [-0.25, -0.2) is 19.6 Å². The maximum absolute atomic E-state index is 12.5. The molecular weight excluding hydrogens is 239 g/mol. The van der Waals surface area contributed by atoms with Crippen molar-refractivity contribution in [3.63, 3.8) is 0 Å². The number of carbonyl (C=O) groups excluding carboxylic acids is 1. The van der Waals surface area contributed by atoms with Crippen LogP contribution in [0.4, 0.5) is 10.5 Å². The molecule has 2 amide bonds. The normalized spacial score (nSPS) is 17.9. The van der Waals surface area contributed by atoms with E-state index >= 15 is 0 Å². The molecule has 1 aromatic carbocycles. The SMILES string of the molecule is Cc1ccccc1N(C(N)=O)P1(=O)NCCN1. The Morgan fingerprint density at radius 2 is 1.94 bits per heavy atom. The average Bonchev–Trinajstić information content (AvgIpc) is 2.68. The van der Waals surface area contributed by atoms with Crippen molar-refractivity contribution in [2.45, 2.75) is 6.92 Å². The Hall–Kier alpha value is -1.36. The van der Waals surface area contributed by atoms with Gasteiger partial charge < -0.3 is 5.73 Å². The number of nitrogens with two attached hydrogens (primary N) is 1. The monoisotopic (exact) mass is 254 g/mol. The van der Waals surface area contributed by atoms with Crippen molar-refractivity contribution >= 4 is 19.3 Å². The third-order valence-corrected chi connectivity index (χ3v) is 4.89. The Morgan fingerprint density at radius 3 is 2.47 bits per heavy atom. The van der Waals surface area contributed by atoms with Gasteiger partial charge in [0.1, 0.15) is 0 Å². The van der Waals surface area contributed by atoms with Crippen molar-refractivity contribution in [2.75, 3.05) is 17.8 Å². The quantitative estimate of drug-likeness (QED) is 0.691. The van der Waals surface area contributed by atoms with Crippen molar-refractivity contribution < 1.29 is 9.36 Å². The summed E-state index contributed by atoms with van der Waals surface area (Å²) in [5, 5.41) is 5.62. The van der Waals surface area contributed by atoms with Crippen LogP contribution in [0.3, 0.4) is 0 Å². The van der Waals surface area contributed by atoms with Crippen LogP contribution in [0.1, 0.15) is 5.56 Å². The zero-order valence-electron chi connectivity index (χ0n) is 9.51. The number of amides is 2. The first-order valence-corrected chi connectivity index (χ1v) is 6.96. The minimum absolute atomic E-state index is 0.549. The van der Waals surface area contributed by atoms with E-state index in [9.17, 15) is 9.36 Å². The molecule has 1 heterocycles. The Kier molecular flexibility index (Phi) is 3.19. The summed E-state index contributed by atoms with van der Waals surface area (Å²) in [6.07, 6.45) is 0. The van der Waals surface area contributed by atoms with E-state index in [1.54, 1.807) is 12.1 Å². The zero-order chi connectivity index (χ0) is 12.5. The Bertz CT molecular complexity index is 481. The molecule has 1 fully saturated rings. The van der Waals surface area contributed by atoms with Crippen LogP contribution in [0.25, 0.3) is 0 Å². The number of benzene rings is 1. The maximum Gasteiger partial charge on any atom is 0.326 e. The second-order valence-electron chi connectivity index (χ2n) is 3.83. The number of anilines is 1. The number of hydrogen-bond acceptors (Lipinski definition) is 2. The number of nitrogens with zero attached hydrogens (tertiary/aromatic N) is 1. The molecule has 1 saturated heterocycles. The van der Waals surface area contributed by atoms with Gasteiger partial charge in [0.15, 0.2) is 0 Å². The third kappa shape index (κ3) is 2.20. The highest BCUT2D eigenvalue weighted by Gasteiger charge is 2.37. The van der Waals surface area contributed by atoms with Gasteiger partial charge >= 0.3 is 13.6 Å². The lowest BCUT2D eigenvalue weighted by Gasteiger charge is -2.27. The lowest BCUT2D eigenvalue weighted by atomic mass is 10.2. The van der Waals surface area contributed by atoms with E-state index in [-0.39, 0.29) is 0 Å². The van der Waals surface area contributed by atoms with Gasteiger partial charge in [0.05, 0.1) is 5.69 Å². The molecule has 0 atom stereocenters. The van der Waals surface area contributed by atoms with Crippen LogP contribution in [0.2, 0.25) is 0 Å². The molecule has 4 N–H and O–H groups in total. The first-order valence-electron chi connectivity index (χ1n) is 5.30. The largest absolute Gasteiger partial charge is 0.351 e. The molecule has 1 aliphatic heterocycles. The first kappa shape index (κ1) is 12.1. The fraction of sp³-hybridized carbons (Fsp3) is 0.300. The standard InChI is InChI=1S/C10H15N4O2P/c1-8-4-2-3-5-9(8)14(10(11)15)17(16)12-6-7-13-17/h2-5H,6-7H2,1H3,(H2,11,15)(H2,12,13,16). The average molecular weight is 254 g/mol. The van der Waals surface area contributed by atoms with Gasteiger partial charge in [-0.2, -0.15) is 0 Å². The maximum atomic E-state index is 12.5. The fourth-order valence-corrected chi connectivity index (χ4v) is 3.85. The van der Waals surface area contributed by atoms with Crippen molar-refractivity contribution in [1.29, 1.82) is 0 Å². The first-order chi connectivity index (χ1) is 8.04. The van der Waals surface area contributed by atoms with Crippen LogP contribution >= 0.6 is 7.59 Å². The van der Waals surface area contributed by atoms with Gasteiger partial charge in [-0.05, 0) is 18.6 Å². The van der Waals surface area contributed by atoms with Gasteiger partial charge in [-0.1, -0.05) is 18.2 Å². The van der Waals surface area contributed by atoms with Crippen LogP contribution in [-0.2, 0) is 4.57 Å². The Morgan fingerprint density at radius 1 is 1.35 bits per heavy atom. The summed E-state index contributed by atoms with van der Waals surface area (Å²) in [6, 6.07) is 6.46. The van der Waals surface area contributed by atoms with Gasteiger partial charge in [-0.3, -0.25) is 4.57 Å². The number of urea groups is 1. The van der Waals surface area contributed by atoms with E-state index in [1.807, 2.05) is 19.1 Å². The molecule has 0 unspecified atom stereocenters. The summed E-state index contributed by atoms with van der Waals surface area (Å²) in [5.41, 5.74) is 6.74. The third-order valence-electron chi connectivity index (χ3n) is 2.61. The van der Waals surface area contributed by atoms with Crippen molar-refractivity contribution in [2.24, 2.45) is 5.73 Å². The zero-order valence-corrected chi connectivity index (χ0v) is 10.4. The number of rotatable bonds is 2. The molecule has 0 radical (unpaired) electrons. The molecule has 17 heavy (non-hydrogen) atoms. The van der Waals surface area contributed by atoms with Crippen LogP contribution in [-0.4, -0.2) is 19.1 Å². The summed E-state index contributed by atoms with van der Waals surface area (Å²) in [5.74, 6) is 0. The lowest BCUT2D eigenvalue weighted by molar-refractivity contribution is 0.256. The second kappa shape index (κ2) is 4.49. The molecule has 7 heteroatoms. The van der Waals surface area contributed by atoms with Crippen molar-refractivity contribution in [3.05, 3.63) is 29.8 Å². The fourth-order valence-electron chi connectivity index (χ4n) is 1.82. The van der Waals surface area contributed by atoms with Crippen LogP contribution < -0.4 is 20.6 Å². The van der Waals surface area contributed by atoms with Crippen molar-refractivity contribution in [1.82, 2.24) is 10.2 Å². The summed E-state index contributed by atoms with van der Waals surface area (Å²) in [6.45, 7) is 2.94. The highest BCUT2D eigenvalue weighted by Crippen LogP contribution is 2.46. The van der Waals surface area contributed by atoms with E-state index in [4.69, 9.17) is 5.73 Å². The molecule has 1 aromatic rings. The number of aryl methyl sites for hydroxylation is 1. The van der Waals surface area contributed by atoms with E-state index < -0.39 is 13.6 Å². The molecule has 0 aliphatic carbocycles. The number of hydrogen-bond donors (Lipinski definition) is 3. The predicted octanol–water partition coefficient (Wildman–Crippen LogP) is 1.18. The minimum Gasteiger partial charge on any atom is -0.351 e. The van der Waals surface area contributed by atoms with Crippen LogP contribution in [0, 0.1) is 6.92 Å². The molecule has 1 aliphatic rings. The van der Waals surface area contributed by atoms with Gasteiger partial charge in [0.25, 0.3) is 0 Å². The number of primary amides is 1. The number of carbonyl (C=O) groups is 1. The minimum atomic E-state index is -3.13. The van der Waals surface area contributed by atoms with Gasteiger partial charge in [0, 0.05) is 13.1 Å². The summed E-state index contributed by atoms with van der Waals surface area (Å²) in [7, 11) is -3.13. The number of para-hydroxylation sites is 1.